The average Bonchev–Trinajstić information content (AvgIpc) is 2.61. The van der Waals surface area contributed by atoms with E-state index in [1.54, 1.807) is 6.92 Å². The van der Waals surface area contributed by atoms with Crippen molar-refractivity contribution in [2.24, 2.45) is 5.92 Å². The maximum absolute atomic E-state index is 13.2. The van der Waals surface area contributed by atoms with E-state index < -0.39 is 30.1 Å². The number of aromatic amines is 1. The smallest absolute Gasteiger partial charge is 0.287 e. The van der Waals surface area contributed by atoms with Crippen molar-refractivity contribution in [2.45, 2.75) is 13.2 Å². The summed E-state index contributed by atoms with van der Waals surface area (Å²) in [6.07, 6.45) is 0.113. The Hall–Kier alpha value is -1.67. The highest BCUT2D eigenvalue weighted by Gasteiger charge is 2.35. The number of ether oxygens (including phenoxy) is 1. The van der Waals surface area contributed by atoms with Gasteiger partial charge in [0.05, 0.1) is 12.1 Å². The van der Waals surface area contributed by atoms with Gasteiger partial charge >= 0.3 is 0 Å². The van der Waals surface area contributed by atoms with Gasteiger partial charge < -0.3 is 14.9 Å². The van der Waals surface area contributed by atoms with Crippen LogP contribution in [-0.4, -0.2) is 26.4 Å². The second-order valence-electron chi connectivity index (χ2n) is 3.91. The van der Waals surface area contributed by atoms with Crippen LogP contribution in [0.3, 0.4) is 0 Å². The van der Waals surface area contributed by atoms with E-state index in [9.17, 15) is 14.3 Å². The van der Waals surface area contributed by atoms with Crippen LogP contribution in [0.1, 0.15) is 13.2 Å². The minimum absolute atomic E-state index is 0.0148. The third-order valence-corrected chi connectivity index (χ3v) is 3.06. The fourth-order valence-electron chi connectivity index (χ4n) is 1.76. The number of rotatable bonds is 2. The van der Waals surface area contributed by atoms with Crippen LogP contribution in [0.2, 0.25) is 0 Å². The molecular formula is C10H11FN2O4S. The van der Waals surface area contributed by atoms with E-state index in [-0.39, 0.29) is 16.3 Å². The highest BCUT2D eigenvalue weighted by Crippen LogP contribution is 2.35. The Kier molecular flexibility index (Phi) is 3.22. The monoisotopic (exact) mass is 274 g/mol. The van der Waals surface area contributed by atoms with Crippen molar-refractivity contribution in [3.63, 3.8) is 0 Å². The molecule has 6 nitrogen and oxygen atoms in total. The molecule has 8 heteroatoms. The third-order valence-electron chi connectivity index (χ3n) is 2.75. The molecule has 2 atom stereocenters. The Labute approximate surface area is 106 Å². The number of H-pyrrole nitrogens is 1. The van der Waals surface area contributed by atoms with E-state index in [0.717, 1.165) is 6.20 Å². The molecule has 0 aromatic carbocycles. The van der Waals surface area contributed by atoms with Gasteiger partial charge in [-0.15, -0.1) is 0 Å². The summed E-state index contributed by atoms with van der Waals surface area (Å²) in [6, 6.07) is 0. The fourth-order valence-corrected chi connectivity index (χ4v) is 2.01. The average molecular weight is 274 g/mol. The number of hydrogen-bond donors (Lipinski definition) is 3. The normalized spacial score (nSPS) is 23.3. The number of aliphatic hydroxyl groups excluding tert-OH is 2. The lowest BCUT2D eigenvalue weighted by Gasteiger charge is -2.19. The van der Waals surface area contributed by atoms with Gasteiger partial charge in [-0.05, 0) is 19.1 Å². The summed E-state index contributed by atoms with van der Waals surface area (Å²) in [5.74, 6) is -1.61. The zero-order valence-corrected chi connectivity index (χ0v) is 10.2. The lowest BCUT2D eigenvalue weighted by molar-refractivity contribution is 0.0353. The zero-order valence-electron chi connectivity index (χ0n) is 9.38. The number of nitrogens with zero attached hydrogens (tertiary/aromatic N) is 1. The van der Waals surface area contributed by atoms with E-state index in [0.29, 0.717) is 0 Å². The summed E-state index contributed by atoms with van der Waals surface area (Å²) in [7, 11) is 0. The number of aliphatic hydroxyl groups is 2. The van der Waals surface area contributed by atoms with E-state index in [1.165, 1.54) is 4.57 Å². The number of hydrogen-bond acceptors (Lipinski definition) is 5. The van der Waals surface area contributed by atoms with Crippen molar-refractivity contribution in [1.29, 1.82) is 0 Å². The van der Waals surface area contributed by atoms with Crippen molar-refractivity contribution in [3.8, 4) is 0 Å². The summed E-state index contributed by atoms with van der Waals surface area (Å²) >= 11 is 4.90. The largest absolute Gasteiger partial charge is 0.508 e. The summed E-state index contributed by atoms with van der Waals surface area (Å²) in [5.41, 5.74) is -0.915. The Bertz CT molecular complexity index is 621. The van der Waals surface area contributed by atoms with Crippen molar-refractivity contribution < 1.29 is 19.3 Å². The first-order valence-electron chi connectivity index (χ1n) is 5.16. The minimum Gasteiger partial charge on any atom is -0.508 e. The summed E-state index contributed by atoms with van der Waals surface area (Å²) in [5, 5.41) is 18.7. The second kappa shape index (κ2) is 4.54. The first-order chi connectivity index (χ1) is 8.45. The lowest BCUT2D eigenvalue weighted by atomic mass is 10.1. The summed E-state index contributed by atoms with van der Waals surface area (Å²) in [4.78, 5) is 13.2. The Morgan fingerprint density at radius 3 is 2.89 bits per heavy atom. The summed E-state index contributed by atoms with van der Waals surface area (Å²) < 4.78 is 19.7. The standard InChI is InChI=1S/C10H11FN2O4S/c1-4-7(15)6(3-14)17-9(4)13-2-5(11)8(16)12-10(13)18/h2,4,9,14-15H,3H2,1H3,(H,12,16,18)/t4?,9-/m1/s1. The molecule has 18 heavy (non-hydrogen) atoms. The van der Waals surface area contributed by atoms with Gasteiger partial charge in [-0.3, -0.25) is 14.3 Å². The van der Waals surface area contributed by atoms with E-state index >= 15 is 0 Å². The molecule has 2 rings (SSSR count). The Morgan fingerprint density at radius 1 is 1.67 bits per heavy atom. The summed E-state index contributed by atoms with van der Waals surface area (Å²) in [6.45, 7) is 1.17. The highest BCUT2D eigenvalue weighted by molar-refractivity contribution is 7.71. The molecule has 0 saturated heterocycles. The number of aromatic nitrogens is 2. The Balaban J connectivity index is 2.45. The van der Waals surface area contributed by atoms with Crippen LogP contribution in [0.4, 0.5) is 4.39 Å². The van der Waals surface area contributed by atoms with Gasteiger partial charge in [-0.2, -0.15) is 4.39 Å². The lowest BCUT2D eigenvalue weighted by Crippen LogP contribution is -2.23. The molecule has 1 aromatic heterocycles. The first kappa shape index (κ1) is 12.8. The molecule has 0 fully saturated rings. The van der Waals surface area contributed by atoms with Gasteiger partial charge in [0.2, 0.25) is 5.82 Å². The second-order valence-corrected chi connectivity index (χ2v) is 4.29. The van der Waals surface area contributed by atoms with Crippen LogP contribution in [0.25, 0.3) is 0 Å². The molecule has 1 aromatic rings. The number of halogens is 1. The van der Waals surface area contributed by atoms with E-state index in [1.807, 2.05) is 0 Å². The van der Waals surface area contributed by atoms with Crippen LogP contribution >= 0.6 is 12.2 Å². The topological polar surface area (TPSA) is 87.5 Å². The van der Waals surface area contributed by atoms with Crippen molar-refractivity contribution in [2.75, 3.05) is 6.61 Å². The highest BCUT2D eigenvalue weighted by atomic mass is 32.1. The van der Waals surface area contributed by atoms with Crippen molar-refractivity contribution in [3.05, 3.63) is 38.7 Å². The SMILES string of the molecule is CC1C(O)=C(CO)O[C@H]1n1cc(F)c(=O)[nH]c1=S. The molecule has 1 aliphatic heterocycles. The molecule has 1 unspecified atom stereocenters. The predicted octanol–water partition coefficient (Wildman–Crippen LogP) is 0.972. The predicted molar refractivity (Wildman–Crippen MR) is 61.9 cm³/mol. The van der Waals surface area contributed by atoms with Crippen LogP contribution in [0, 0.1) is 16.5 Å². The van der Waals surface area contributed by atoms with Gasteiger partial charge in [0, 0.05) is 0 Å². The van der Waals surface area contributed by atoms with Crippen molar-refractivity contribution >= 4 is 12.2 Å². The first-order valence-corrected chi connectivity index (χ1v) is 5.57. The van der Waals surface area contributed by atoms with Gasteiger partial charge in [-0.25, -0.2) is 0 Å². The molecular weight excluding hydrogens is 263 g/mol. The molecule has 1 aliphatic rings. The van der Waals surface area contributed by atoms with Crippen LogP contribution in [0.15, 0.2) is 22.5 Å². The van der Waals surface area contributed by atoms with Gasteiger partial charge in [-0.1, -0.05) is 0 Å². The van der Waals surface area contributed by atoms with Gasteiger partial charge in [0.1, 0.15) is 12.4 Å². The molecule has 0 aliphatic carbocycles. The van der Waals surface area contributed by atoms with E-state index in [2.05, 4.69) is 4.98 Å². The molecule has 0 amide bonds. The van der Waals surface area contributed by atoms with Gasteiger partial charge in [0.25, 0.3) is 5.56 Å². The molecule has 0 bridgehead atoms. The van der Waals surface area contributed by atoms with Crippen LogP contribution in [-0.2, 0) is 4.74 Å². The molecule has 98 valence electrons. The maximum Gasteiger partial charge on any atom is 0.287 e. The molecule has 0 radical (unpaired) electrons. The molecule has 0 saturated carbocycles. The Morgan fingerprint density at radius 2 is 2.33 bits per heavy atom. The molecule has 3 N–H and O–H groups in total. The van der Waals surface area contributed by atoms with Gasteiger partial charge in [0.15, 0.2) is 16.8 Å². The quantitative estimate of drug-likeness (QED) is 0.699. The fraction of sp³-hybridized carbons (Fsp3) is 0.400. The van der Waals surface area contributed by atoms with Crippen LogP contribution < -0.4 is 5.56 Å². The minimum atomic E-state index is -1.00. The van der Waals surface area contributed by atoms with Crippen LogP contribution in [0.5, 0.6) is 0 Å². The third kappa shape index (κ3) is 1.93. The van der Waals surface area contributed by atoms with Crippen molar-refractivity contribution in [1.82, 2.24) is 9.55 Å². The van der Waals surface area contributed by atoms with E-state index in [4.69, 9.17) is 22.1 Å². The molecule has 0 spiro atoms. The maximum atomic E-state index is 13.2. The zero-order chi connectivity index (χ0) is 13.4. The molecule has 2 heterocycles. The number of nitrogens with one attached hydrogen (secondary N) is 1.